The fraction of sp³-hybridized carbons (Fsp3) is 0.333. The van der Waals surface area contributed by atoms with E-state index < -0.39 is 0 Å². The van der Waals surface area contributed by atoms with E-state index in [0.29, 0.717) is 29.5 Å². The Balaban J connectivity index is 1.17. The fourth-order valence-electron chi connectivity index (χ4n) is 5.21. The van der Waals surface area contributed by atoms with E-state index in [2.05, 4.69) is 27.0 Å². The molecule has 1 saturated heterocycles. The summed E-state index contributed by atoms with van der Waals surface area (Å²) in [5.74, 6) is 5.44. The number of anilines is 1. The molecule has 0 N–H and O–H groups in total. The number of nitriles is 1. The van der Waals surface area contributed by atoms with E-state index >= 15 is 0 Å². The van der Waals surface area contributed by atoms with E-state index in [0.717, 1.165) is 41.3 Å². The molecule has 5 heterocycles. The van der Waals surface area contributed by atoms with Crippen LogP contribution in [0, 0.1) is 29.6 Å². The van der Waals surface area contributed by atoms with Crippen LogP contribution in [0.1, 0.15) is 43.4 Å². The van der Waals surface area contributed by atoms with E-state index in [1.165, 1.54) is 32.1 Å². The Labute approximate surface area is 221 Å². The third kappa shape index (κ3) is 4.86. The van der Waals surface area contributed by atoms with Gasteiger partial charge in [-0.3, -0.25) is 0 Å². The Morgan fingerprint density at radius 1 is 1.00 bits per heavy atom. The van der Waals surface area contributed by atoms with Crippen molar-refractivity contribution in [2.45, 2.75) is 38.2 Å². The highest BCUT2D eigenvalue weighted by molar-refractivity contribution is 5.85. The molecule has 0 bridgehead atoms. The van der Waals surface area contributed by atoms with Crippen LogP contribution in [0.5, 0.6) is 11.5 Å². The molecule has 1 saturated carbocycles. The van der Waals surface area contributed by atoms with E-state index in [1.54, 1.807) is 23.0 Å². The van der Waals surface area contributed by atoms with Crippen LogP contribution >= 0.6 is 0 Å². The Bertz CT molecular complexity index is 1500. The quantitative estimate of drug-likeness (QED) is 0.332. The number of terminal acetylenes is 1. The summed E-state index contributed by atoms with van der Waals surface area (Å²) < 4.78 is 13.9. The van der Waals surface area contributed by atoms with Gasteiger partial charge in [0.2, 0.25) is 0 Å². The lowest BCUT2D eigenvalue weighted by Gasteiger charge is -2.39. The number of nitrogens with zero attached hydrogens (tertiary/aromatic N) is 6. The topological polar surface area (TPSA) is 88.6 Å². The van der Waals surface area contributed by atoms with Gasteiger partial charge in [-0.15, -0.1) is 6.42 Å². The minimum Gasteiger partial charge on any atom is -0.492 e. The molecule has 0 unspecified atom stereocenters. The van der Waals surface area contributed by atoms with Crippen molar-refractivity contribution in [2.75, 3.05) is 24.6 Å². The van der Waals surface area contributed by atoms with E-state index in [-0.39, 0.29) is 6.10 Å². The van der Waals surface area contributed by atoms with Crippen molar-refractivity contribution in [1.82, 2.24) is 19.6 Å². The summed E-state index contributed by atoms with van der Waals surface area (Å²) >= 11 is 0. The summed E-state index contributed by atoms with van der Waals surface area (Å²) in [7, 11) is 0. The standard InChI is InChI=1S/C30H28N6O2/c1-2-24-9-10-25(16-32-24)38-27-17-35(18-27)29-11-8-22(14-33-29)28-12-26(37-20-21-6-4-3-5-7-21)19-36-30(28)23(13-31)15-34-36/h1,8-12,14-16,19,21,27H,3-7,17-18,20H2. The third-order valence-electron chi connectivity index (χ3n) is 7.34. The molecule has 4 aromatic heterocycles. The maximum atomic E-state index is 9.67. The highest BCUT2D eigenvalue weighted by Gasteiger charge is 2.29. The second-order valence-corrected chi connectivity index (χ2v) is 9.94. The van der Waals surface area contributed by atoms with Crippen molar-refractivity contribution < 1.29 is 9.47 Å². The second kappa shape index (κ2) is 10.4. The Morgan fingerprint density at radius 3 is 2.58 bits per heavy atom. The van der Waals surface area contributed by atoms with Crippen molar-refractivity contribution in [2.24, 2.45) is 5.92 Å². The number of aromatic nitrogens is 4. The molecule has 0 spiro atoms. The first-order chi connectivity index (χ1) is 18.7. The van der Waals surface area contributed by atoms with E-state index in [4.69, 9.17) is 20.9 Å². The summed E-state index contributed by atoms with van der Waals surface area (Å²) in [6, 6.07) is 11.9. The molecule has 0 aromatic carbocycles. The Hall–Kier alpha value is -4.56. The predicted octanol–water partition coefficient (Wildman–Crippen LogP) is 4.87. The number of ether oxygens (including phenoxy) is 2. The Morgan fingerprint density at radius 2 is 1.87 bits per heavy atom. The molecular weight excluding hydrogens is 476 g/mol. The van der Waals surface area contributed by atoms with Crippen molar-refractivity contribution in [1.29, 1.82) is 5.26 Å². The van der Waals surface area contributed by atoms with Crippen LogP contribution in [0.15, 0.2) is 55.1 Å². The first-order valence-corrected chi connectivity index (χ1v) is 13.0. The summed E-state index contributed by atoms with van der Waals surface area (Å²) in [5, 5.41) is 14.1. The van der Waals surface area contributed by atoms with Crippen molar-refractivity contribution >= 4 is 11.3 Å². The average Bonchev–Trinajstić information content (AvgIpc) is 3.37. The maximum absolute atomic E-state index is 9.67. The molecule has 1 aliphatic carbocycles. The molecule has 1 aliphatic heterocycles. The van der Waals surface area contributed by atoms with E-state index in [1.807, 2.05) is 36.7 Å². The number of hydrogen-bond donors (Lipinski definition) is 0. The molecule has 8 nitrogen and oxygen atoms in total. The number of rotatable bonds is 7. The van der Waals surface area contributed by atoms with Crippen molar-refractivity contribution in [3.05, 3.63) is 66.4 Å². The second-order valence-electron chi connectivity index (χ2n) is 9.94. The van der Waals surface area contributed by atoms with Gasteiger partial charge in [-0.05, 0) is 49.1 Å². The molecule has 0 amide bonds. The van der Waals surface area contributed by atoms with E-state index in [9.17, 15) is 5.26 Å². The van der Waals surface area contributed by atoms with Gasteiger partial charge in [0.15, 0.2) is 0 Å². The number of hydrogen-bond acceptors (Lipinski definition) is 7. The zero-order valence-corrected chi connectivity index (χ0v) is 21.1. The molecule has 38 heavy (non-hydrogen) atoms. The van der Waals surface area contributed by atoms with Crippen LogP contribution in [-0.4, -0.2) is 45.4 Å². The molecule has 190 valence electrons. The Kier molecular flexibility index (Phi) is 6.54. The zero-order chi connectivity index (χ0) is 25.9. The summed E-state index contributed by atoms with van der Waals surface area (Å²) in [4.78, 5) is 11.1. The third-order valence-corrected chi connectivity index (χ3v) is 7.34. The van der Waals surface area contributed by atoms with Gasteiger partial charge in [-0.2, -0.15) is 10.4 Å². The molecule has 4 aromatic rings. The van der Waals surface area contributed by atoms with Gasteiger partial charge in [0, 0.05) is 17.3 Å². The highest BCUT2D eigenvalue weighted by Crippen LogP contribution is 2.33. The minimum absolute atomic E-state index is 0.0672. The zero-order valence-electron chi connectivity index (χ0n) is 21.1. The smallest absolute Gasteiger partial charge is 0.138 e. The predicted molar refractivity (Wildman–Crippen MR) is 144 cm³/mol. The van der Waals surface area contributed by atoms with Gasteiger partial charge in [0.05, 0.1) is 49.4 Å². The van der Waals surface area contributed by atoms with Crippen LogP contribution in [-0.2, 0) is 0 Å². The molecule has 2 aliphatic rings. The van der Waals surface area contributed by atoms with Crippen LogP contribution in [0.4, 0.5) is 5.82 Å². The van der Waals surface area contributed by atoms with Crippen LogP contribution in [0.2, 0.25) is 0 Å². The van der Waals surface area contributed by atoms with Gasteiger partial charge < -0.3 is 14.4 Å². The van der Waals surface area contributed by atoms with Gasteiger partial charge in [-0.25, -0.2) is 14.5 Å². The van der Waals surface area contributed by atoms with Gasteiger partial charge in [-0.1, -0.05) is 25.2 Å². The molecule has 8 heteroatoms. The normalized spacial score (nSPS) is 16.0. The molecule has 0 radical (unpaired) electrons. The van der Waals surface area contributed by atoms with Gasteiger partial charge in [0.1, 0.15) is 35.2 Å². The maximum Gasteiger partial charge on any atom is 0.138 e. The summed E-state index contributed by atoms with van der Waals surface area (Å²) in [6.07, 6.45) is 18.7. The first-order valence-electron chi connectivity index (χ1n) is 13.0. The van der Waals surface area contributed by atoms with Crippen LogP contribution in [0.3, 0.4) is 0 Å². The first kappa shape index (κ1) is 23.8. The van der Waals surface area contributed by atoms with Crippen LogP contribution < -0.4 is 14.4 Å². The number of fused-ring (bicyclic) bond motifs is 1. The average molecular weight is 505 g/mol. The fourth-order valence-corrected chi connectivity index (χ4v) is 5.21. The van der Waals surface area contributed by atoms with Crippen molar-refractivity contribution in [3.63, 3.8) is 0 Å². The number of pyridine rings is 3. The molecular formula is C30H28N6O2. The molecule has 2 fully saturated rings. The molecule has 0 atom stereocenters. The summed E-state index contributed by atoms with van der Waals surface area (Å²) in [6.45, 7) is 2.18. The highest BCUT2D eigenvalue weighted by atomic mass is 16.5. The lowest BCUT2D eigenvalue weighted by molar-refractivity contribution is 0.166. The molecule has 6 rings (SSSR count). The monoisotopic (exact) mass is 504 g/mol. The lowest BCUT2D eigenvalue weighted by atomic mass is 9.90. The van der Waals surface area contributed by atoms with Gasteiger partial charge in [0.25, 0.3) is 0 Å². The largest absolute Gasteiger partial charge is 0.492 e. The van der Waals surface area contributed by atoms with Crippen LogP contribution in [0.25, 0.3) is 16.6 Å². The lowest BCUT2D eigenvalue weighted by Crippen LogP contribution is -2.54. The van der Waals surface area contributed by atoms with Gasteiger partial charge >= 0.3 is 0 Å². The SMILES string of the molecule is C#Cc1ccc(OC2CN(c3ccc(-c4cc(OCC5CCCCC5)cn5ncc(C#N)c45)cn3)C2)cn1. The minimum atomic E-state index is 0.0672. The van der Waals surface area contributed by atoms with Crippen molar-refractivity contribution in [3.8, 4) is 41.0 Å². The summed E-state index contributed by atoms with van der Waals surface area (Å²) in [5.41, 5.74) is 3.66.